The fraction of sp³-hybridized carbons (Fsp3) is 0.565. The number of hydrogen-bond donors (Lipinski definition) is 0. The zero-order valence-corrected chi connectivity index (χ0v) is 20.6. The molecule has 1 aliphatic carbocycles. The number of aryl methyl sites for hydroxylation is 1. The Labute approximate surface area is 195 Å². The van der Waals surface area contributed by atoms with Gasteiger partial charge < -0.3 is 4.74 Å². The number of rotatable bonds is 9. The smallest absolute Gasteiger partial charge is 0.252 e. The van der Waals surface area contributed by atoms with Gasteiger partial charge in [-0.25, -0.2) is 8.42 Å². The van der Waals surface area contributed by atoms with Crippen LogP contribution in [-0.4, -0.2) is 50.4 Å². The molecule has 1 aromatic heterocycles. The van der Waals surface area contributed by atoms with Crippen LogP contribution in [-0.2, 0) is 23.0 Å². The average molecular weight is 483 g/mol. The van der Waals surface area contributed by atoms with Crippen LogP contribution in [0.1, 0.15) is 43.0 Å². The van der Waals surface area contributed by atoms with Crippen LogP contribution in [0.15, 0.2) is 34.5 Å². The van der Waals surface area contributed by atoms with Gasteiger partial charge in [0.1, 0.15) is 9.96 Å². The average Bonchev–Trinajstić information content (AvgIpc) is 3.41. The second-order valence-electron chi connectivity index (χ2n) is 8.65. The molecule has 0 bridgehead atoms. The van der Waals surface area contributed by atoms with Gasteiger partial charge in [0.05, 0.1) is 11.1 Å². The molecule has 5 nitrogen and oxygen atoms in total. The summed E-state index contributed by atoms with van der Waals surface area (Å²) in [5.74, 6) is 1.05. The highest BCUT2D eigenvalue weighted by atomic mass is 35.5. The summed E-state index contributed by atoms with van der Waals surface area (Å²) in [6.45, 7) is 5.69. The molecule has 0 unspecified atom stereocenters. The summed E-state index contributed by atoms with van der Waals surface area (Å²) in [6, 6.07) is 9.64. The van der Waals surface area contributed by atoms with Gasteiger partial charge >= 0.3 is 0 Å². The molecule has 1 aromatic carbocycles. The lowest BCUT2D eigenvalue weighted by atomic mass is 9.82. The number of hydrogen-bond acceptors (Lipinski definition) is 5. The molecule has 170 valence electrons. The van der Waals surface area contributed by atoms with E-state index in [1.54, 1.807) is 13.1 Å². The molecule has 1 aliphatic heterocycles. The van der Waals surface area contributed by atoms with Crippen molar-refractivity contribution < 1.29 is 13.2 Å². The normalized spacial score (nSPS) is 22.1. The molecular weight excluding hydrogens is 452 g/mol. The van der Waals surface area contributed by atoms with Crippen LogP contribution in [0.5, 0.6) is 5.75 Å². The Morgan fingerprint density at radius 2 is 1.94 bits per heavy atom. The third kappa shape index (κ3) is 5.28. The lowest BCUT2D eigenvalue weighted by Gasteiger charge is -2.37. The van der Waals surface area contributed by atoms with Gasteiger partial charge in [-0.2, -0.15) is 4.31 Å². The van der Waals surface area contributed by atoms with Crippen LogP contribution >= 0.6 is 22.9 Å². The first-order chi connectivity index (χ1) is 14.9. The van der Waals surface area contributed by atoms with E-state index >= 15 is 0 Å². The molecule has 2 aromatic rings. The van der Waals surface area contributed by atoms with Crippen LogP contribution in [0.4, 0.5) is 0 Å². The largest absolute Gasteiger partial charge is 0.489 e. The van der Waals surface area contributed by atoms with Crippen molar-refractivity contribution in [2.45, 2.75) is 55.9 Å². The number of benzene rings is 1. The van der Waals surface area contributed by atoms with E-state index in [1.807, 2.05) is 25.1 Å². The van der Waals surface area contributed by atoms with E-state index < -0.39 is 10.0 Å². The lowest BCUT2D eigenvalue weighted by molar-refractivity contribution is 0.0575. The second-order valence-corrected chi connectivity index (χ2v) is 12.5. The molecule has 31 heavy (non-hydrogen) atoms. The van der Waals surface area contributed by atoms with E-state index in [9.17, 15) is 8.42 Å². The van der Waals surface area contributed by atoms with Crippen molar-refractivity contribution in [3.63, 3.8) is 0 Å². The fourth-order valence-electron chi connectivity index (χ4n) is 4.35. The van der Waals surface area contributed by atoms with Crippen molar-refractivity contribution in [3.05, 3.63) is 45.8 Å². The number of nitrogens with zero attached hydrogens (tertiary/aromatic N) is 2. The molecule has 2 fully saturated rings. The predicted molar refractivity (Wildman–Crippen MR) is 127 cm³/mol. The van der Waals surface area contributed by atoms with Gasteiger partial charge in [-0.05, 0) is 74.9 Å². The van der Waals surface area contributed by atoms with Gasteiger partial charge in [0.15, 0.2) is 0 Å². The van der Waals surface area contributed by atoms with Crippen molar-refractivity contribution in [2.24, 2.45) is 5.92 Å². The Morgan fingerprint density at radius 1 is 1.19 bits per heavy atom. The first-order valence-electron chi connectivity index (χ1n) is 11.1. The lowest BCUT2D eigenvalue weighted by Crippen LogP contribution is -2.41. The summed E-state index contributed by atoms with van der Waals surface area (Å²) in [5.41, 5.74) is 1.12. The molecule has 0 radical (unpaired) electrons. The zero-order chi connectivity index (χ0) is 22.0. The number of sulfonamides is 1. The molecular formula is C23H31ClN2O3S2. The van der Waals surface area contributed by atoms with E-state index in [2.05, 4.69) is 11.0 Å². The molecule has 0 N–H and O–H groups in total. The van der Waals surface area contributed by atoms with Gasteiger partial charge in [-0.3, -0.25) is 4.90 Å². The van der Waals surface area contributed by atoms with Crippen LogP contribution in [0, 0.1) is 5.92 Å². The molecule has 0 atom stereocenters. The van der Waals surface area contributed by atoms with E-state index in [4.69, 9.17) is 16.3 Å². The molecule has 0 amide bonds. The van der Waals surface area contributed by atoms with Gasteiger partial charge in [0.25, 0.3) is 10.0 Å². The summed E-state index contributed by atoms with van der Waals surface area (Å²) in [6.07, 6.45) is 5.15. The highest BCUT2D eigenvalue weighted by Gasteiger charge is 2.35. The van der Waals surface area contributed by atoms with Crippen molar-refractivity contribution >= 4 is 33.0 Å². The Kier molecular flexibility index (Phi) is 7.28. The first-order valence-corrected chi connectivity index (χ1v) is 13.7. The van der Waals surface area contributed by atoms with Gasteiger partial charge in [-0.1, -0.05) is 30.7 Å². The van der Waals surface area contributed by atoms with Crippen LogP contribution in [0.2, 0.25) is 5.02 Å². The molecule has 4 rings (SSSR count). The Hall–Kier alpha value is -1.12. The minimum atomic E-state index is -3.41. The van der Waals surface area contributed by atoms with E-state index in [0.717, 1.165) is 55.1 Å². The SMILES string of the molecule is CCc1ccc(S(=O)(=O)N(C)CC2CC(Oc3cccc(CN4CCCC4)c3Cl)C2)s1. The Balaban J connectivity index is 1.29. The quantitative estimate of drug-likeness (QED) is 0.502. The standard InChI is InChI=1S/C23H31ClN2O3S2/c1-3-20-9-10-22(30-20)31(27,28)25(2)15-17-13-19(14-17)29-21-8-6-7-18(23(21)24)16-26-11-4-5-12-26/h6-10,17,19H,3-5,11-16H2,1-2H3. The minimum Gasteiger partial charge on any atom is -0.489 e. The zero-order valence-electron chi connectivity index (χ0n) is 18.2. The van der Waals surface area contributed by atoms with E-state index in [1.165, 1.54) is 28.5 Å². The molecule has 8 heteroatoms. The van der Waals surface area contributed by atoms with E-state index in [-0.39, 0.29) is 6.10 Å². The highest BCUT2D eigenvalue weighted by molar-refractivity contribution is 7.91. The minimum absolute atomic E-state index is 0.0917. The number of thiophene rings is 1. The molecule has 1 saturated heterocycles. The predicted octanol–water partition coefficient (Wildman–Crippen LogP) is 5.04. The maximum atomic E-state index is 12.8. The van der Waals surface area contributed by atoms with Crippen LogP contribution < -0.4 is 4.74 Å². The van der Waals surface area contributed by atoms with Gasteiger partial charge in [0, 0.05) is 25.0 Å². The number of halogens is 1. The Bertz CT molecular complexity index is 996. The molecule has 1 saturated carbocycles. The second kappa shape index (κ2) is 9.79. The third-order valence-electron chi connectivity index (χ3n) is 6.29. The fourth-order valence-corrected chi connectivity index (χ4v) is 7.34. The molecule has 0 spiro atoms. The summed E-state index contributed by atoms with van der Waals surface area (Å²) in [7, 11) is -1.74. The van der Waals surface area contributed by atoms with Crippen LogP contribution in [0.3, 0.4) is 0 Å². The molecule has 2 aliphatic rings. The van der Waals surface area contributed by atoms with Crippen molar-refractivity contribution in [1.29, 1.82) is 0 Å². The van der Waals surface area contributed by atoms with Gasteiger partial charge in [0.2, 0.25) is 0 Å². The number of likely N-dealkylation sites (tertiary alicyclic amines) is 1. The first kappa shape index (κ1) is 23.1. The van der Waals surface area contributed by atoms with Crippen molar-refractivity contribution in [2.75, 3.05) is 26.7 Å². The number of ether oxygens (including phenoxy) is 1. The van der Waals surface area contributed by atoms with Gasteiger partial charge in [-0.15, -0.1) is 11.3 Å². The third-order valence-corrected chi connectivity index (χ3v) is 10.2. The summed E-state index contributed by atoms with van der Waals surface area (Å²) >= 11 is 8.00. The Morgan fingerprint density at radius 3 is 2.61 bits per heavy atom. The van der Waals surface area contributed by atoms with Crippen molar-refractivity contribution in [1.82, 2.24) is 9.21 Å². The summed E-state index contributed by atoms with van der Waals surface area (Å²) < 4.78 is 33.7. The summed E-state index contributed by atoms with van der Waals surface area (Å²) in [5, 5.41) is 0.710. The van der Waals surface area contributed by atoms with Crippen LogP contribution in [0.25, 0.3) is 0 Å². The molecule has 2 heterocycles. The maximum Gasteiger partial charge on any atom is 0.252 e. The summed E-state index contributed by atoms with van der Waals surface area (Å²) in [4.78, 5) is 3.52. The topological polar surface area (TPSA) is 49.9 Å². The maximum absolute atomic E-state index is 12.8. The highest BCUT2D eigenvalue weighted by Crippen LogP contribution is 2.37. The van der Waals surface area contributed by atoms with E-state index in [0.29, 0.717) is 21.7 Å². The monoisotopic (exact) mass is 482 g/mol. The van der Waals surface area contributed by atoms with Crippen molar-refractivity contribution in [3.8, 4) is 5.75 Å².